The molecule has 0 saturated carbocycles. The van der Waals surface area contributed by atoms with E-state index in [0.717, 1.165) is 0 Å². The van der Waals surface area contributed by atoms with Crippen molar-refractivity contribution in [2.24, 2.45) is 0 Å². The number of nitrogens with one attached hydrogen (secondary N) is 1. The minimum Gasteiger partial charge on any atom is -0.449 e. The van der Waals surface area contributed by atoms with E-state index in [1.165, 1.54) is 17.1 Å². The summed E-state index contributed by atoms with van der Waals surface area (Å²) in [4.78, 5) is 23.8. The Bertz CT molecular complexity index is 525. The third-order valence-electron chi connectivity index (χ3n) is 3.12. The monoisotopic (exact) mass is 339 g/mol. The molecule has 1 amide bonds. The van der Waals surface area contributed by atoms with Crippen molar-refractivity contribution in [1.82, 2.24) is 5.32 Å². The number of ether oxygens (including phenoxy) is 1. The molecule has 6 heteroatoms. The van der Waals surface area contributed by atoms with Crippen LogP contribution < -0.4 is 5.32 Å². The van der Waals surface area contributed by atoms with Crippen LogP contribution in [0.3, 0.4) is 0 Å². The predicted octanol–water partition coefficient (Wildman–Crippen LogP) is 3.24. The van der Waals surface area contributed by atoms with Crippen LogP contribution in [0, 0.1) is 0 Å². The molecule has 1 aliphatic heterocycles. The van der Waals surface area contributed by atoms with Crippen LogP contribution >= 0.6 is 23.5 Å². The molecular formula is C16H21NO3S2. The maximum atomic E-state index is 12.1. The molecule has 1 N–H and O–H groups in total. The number of carbonyl (C=O) groups excluding carboxylic acids is 2. The van der Waals surface area contributed by atoms with Gasteiger partial charge >= 0.3 is 5.97 Å². The van der Waals surface area contributed by atoms with E-state index in [-0.39, 0.29) is 11.9 Å². The van der Waals surface area contributed by atoms with Gasteiger partial charge in [0.25, 0.3) is 5.91 Å². The van der Waals surface area contributed by atoms with Crippen LogP contribution in [0.4, 0.5) is 0 Å². The van der Waals surface area contributed by atoms with Crippen molar-refractivity contribution in [2.75, 3.05) is 11.5 Å². The lowest BCUT2D eigenvalue weighted by molar-refractivity contribution is -0.129. The summed E-state index contributed by atoms with van der Waals surface area (Å²) in [7, 11) is 0. The Morgan fingerprint density at radius 3 is 2.27 bits per heavy atom. The maximum Gasteiger partial charge on any atom is 0.338 e. The quantitative estimate of drug-likeness (QED) is 0.835. The fraction of sp³-hybridized carbons (Fsp3) is 0.500. The molecule has 1 fully saturated rings. The summed E-state index contributed by atoms with van der Waals surface area (Å²) in [5.41, 5.74) is 1.69. The van der Waals surface area contributed by atoms with Gasteiger partial charge in [-0.25, -0.2) is 4.79 Å². The van der Waals surface area contributed by atoms with Gasteiger partial charge in [0, 0.05) is 17.5 Å². The second-order valence-corrected chi connectivity index (χ2v) is 8.13. The summed E-state index contributed by atoms with van der Waals surface area (Å²) in [5.74, 6) is 1.59. The summed E-state index contributed by atoms with van der Waals surface area (Å²) in [5, 5.41) is 2.72. The van der Waals surface area contributed by atoms with E-state index in [4.69, 9.17) is 4.74 Å². The highest BCUT2D eigenvalue weighted by Gasteiger charge is 2.21. The van der Waals surface area contributed by atoms with Crippen LogP contribution in [0.15, 0.2) is 24.3 Å². The number of carbonyl (C=O) groups is 2. The Labute approximate surface area is 139 Å². The Kier molecular flexibility index (Phi) is 6.20. The number of hydrogen-bond acceptors (Lipinski definition) is 5. The fourth-order valence-corrected chi connectivity index (χ4v) is 4.87. The second kappa shape index (κ2) is 7.92. The molecule has 1 aliphatic rings. The van der Waals surface area contributed by atoms with Gasteiger partial charge in [-0.3, -0.25) is 4.79 Å². The summed E-state index contributed by atoms with van der Waals surface area (Å²) in [6.07, 6.45) is -0.796. The first-order valence-corrected chi connectivity index (χ1v) is 9.41. The van der Waals surface area contributed by atoms with Crippen molar-refractivity contribution < 1.29 is 14.3 Å². The molecular weight excluding hydrogens is 318 g/mol. The number of rotatable bonds is 5. The highest BCUT2D eigenvalue weighted by molar-refractivity contribution is 8.19. The highest BCUT2D eigenvalue weighted by Crippen LogP contribution is 2.45. The normalized spacial score (nSPS) is 16.5. The molecule has 1 aromatic rings. The molecule has 120 valence electrons. The molecule has 0 aliphatic carbocycles. The molecule has 0 bridgehead atoms. The first-order valence-electron chi connectivity index (χ1n) is 7.32. The van der Waals surface area contributed by atoms with Crippen LogP contribution in [0.2, 0.25) is 0 Å². The van der Waals surface area contributed by atoms with Crippen LogP contribution in [-0.2, 0) is 9.53 Å². The molecule has 0 radical (unpaired) electrons. The minimum absolute atomic E-state index is 0.0225. The van der Waals surface area contributed by atoms with E-state index in [0.29, 0.717) is 10.1 Å². The molecule has 1 heterocycles. The van der Waals surface area contributed by atoms with Gasteiger partial charge in [0.05, 0.1) is 10.1 Å². The van der Waals surface area contributed by atoms with Gasteiger partial charge in [0.1, 0.15) is 0 Å². The first kappa shape index (κ1) is 17.2. The molecule has 1 atom stereocenters. The predicted molar refractivity (Wildman–Crippen MR) is 92.3 cm³/mol. The molecule has 0 spiro atoms. The largest absolute Gasteiger partial charge is 0.449 e. The number of esters is 1. The third-order valence-corrected chi connectivity index (χ3v) is 6.23. The van der Waals surface area contributed by atoms with E-state index < -0.39 is 12.1 Å². The van der Waals surface area contributed by atoms with Crippen LogP contribution in [-0.4, -0.2) is 35.5 Å². The zero-order valence-electron chi connectivity index (χ0n) is 13.0. The van der Waals surface area contributed by atoms with Crippen molar-refractivity contribution in [3.05, 3.63) is 35.4 Å². The lowest BCUT2D eigenvalue weighted by Crippen LogP contribution is -2.39. The Morgan fingerprint density at radius 2 is 1.73 bits per heavy atom. The van der Waals surface area contributed by atoms with Gasteiger partial charge in [0.2, 0.25) is 0 Å². The van der Waals surface area contributed by atoms with E-state index in [1.807, 2.05) is 49.5 Å². The van der Waals surface area contributed by atoms with Gasteiger partial charge in [-0.05, 0) is 38.5 Å². The highest BCUT2D eigenvalue weighted by atomic mass is 32.2. The van der Waals surface area contributed by atoms with Gasteiger partial charge in [-0.2, -0.15) is 0 Å². The standard InChI is InChI=1S/C16H21NO3S2/c1-10(2)17-14(18)11(3)20-15(19)12-4-6-13(7-5-12)16-21-8-9-22-16/h4-7,10-11,16H,8-9H2,1-3H3,(H,17,18)/t11-/m1/s1. The Morgan fingerprint density at radius 1 is 1.14 bits per heavy atom. The lowest BCUT2D eigenvalue weighted by atomic mass is 10.1. The van der Waals surface area contributed by atoms with Crippen LogP contribution in [0.5, 0.6) is 0 Å². The van der Waals surface area contributed by atoms with Crippen LogP contribution in [0.1, 0.15) is 41.3 Å². The van der Waals surface area contributed by atoms with E-state index >= 15 is 0 Å². The molecule has 0 aromatic heterocycles. The van der Waals surface area contributed by atoms with Gasteiger partial charge in [-0.1, -0.05) is 12.1 Å². The summed E-state index contributed by atoms with van der Waals surface area (Å²) in [6.45, 7) is 5.31. The van der Waals surface area contributed by atoms with Gasteiger partial charge in [0.15, 0.2) is 6.10 Å². The van der Waals surface area contributed by atoms with Crippen LogP contribution in [0.25, 0.3) is 0 Å². The SMILES string of the molecule is CC(C)NC(=O)[C@@H](C)OC(=O)c1ccc(C2SCCS2)cc1. The number of amides is 1. The van der Waals surface area contributed by atoms with Crippen molar-refractivity contribution in [3.63, 3.8) is 0 Å². The lowest BCUT2D eigenvalue weighted by Gasteiger charge is -2.15. The maximum absolute atomic E-state index is 12.1. The average Bonchev–Trinajstić information content (AvgIpc) is 3.00. The Hall–Kier alpha value is -1.14. The van der Waals surface area contributed by atoms with Crippen molar-refractivity contribution in [3.8, 4) is 0 Å². The summed E-state index contributed by atoms with van der Waals surface area (Å²) >= 11 is 3.85. The van der Waals surface area contributed by atoms with Gasteiger partial charge in [-0.15, -0.1) is 23.5 Å². The minimum atomic E-state index is -0.796. The summed E-state index contributed by atoms with van der Waals surface area (Å²) < 4.78 is 5.66. The van der Waals surface area contributed by atoms with E-state index in [1.54, 1.807) is 19.1 Å². The van der Waals surface area contributed by atoms with E-state index in [9.17, 15) is 9.59 Å². The number of thioether (sulfide) groups is 2. The number of benzene rings is 1. The molecule has 4 nitrogen and oxygen atoms in total. The first-order chi connectivity index (χ1) is 10.5. The number of hydrogen-bond donors (Lipinski definition) is 1. The third kappa shape index (κ3) is 4.68. The average molecular weight is 339 g/mol. The van der Waals surface area contributed by atoms with Crippen molar-refractivity contribution >= 4 is 35.4 Å². The van der Waals surface area contributed by atoms with Crippen molar-refractivity contribution in [2.45, 2.75) is 37.5 Å². The molecule has 22 heavy (non-hydrogen) atoms. The zero-order chi connectivity index (χ0) is 16.1. The molecule has 1 aromatic carbocycles. The smallest absolute Gasteiger partial charge is 0.338 e. The molecule has 1 saturated heterocycles. The Balaban J connectivity index is 1.93. The topological polar surface area (TPSA) is 55.4 Å². The molecule has 0 unspecified atom stereocenters. The molecule has 2 rings (SSSR count). The second-order valence-electron chi connectivity index (χ2n) is 5.41. The van der Waals surface area contributed by atoms with Crippen molar-refractivity contribution in [1.29, 1.82) is 0 Å². The zero-order valence-corrected chi connectivity index (χ0v) is 14.6. The summed E-state index contributed by atoms with van der Waals surface area (Å²) in [6, 6.07) is 7.49. The van der Waals surface area contributed by atoms with E-state index in [2.05, 4.69) is 5.32 Å². The fourth-order valence-electron chi connectivity index (χ4n) is 2.01. The van der Waals surface area contributed by atoms with Gasteiger partial charge < -0.3 is 10.1 Å².